The van der Waals surface area contributed by atoms with Crippen LogP contribution in [0, 0.1) is 0 Å². The lowest BCUT2D eigenvalue weighted by Crippen LogP contribution is -2.26. The van der Waals surface area contributed by atoms with E-state index in [0.29, 0.717) is 24.7 Å². The zero-order valence-corrected chi connectivity index (χ0v) is 17.0. The lowest BCUT2D eigenvalue weighted by Gasteiger charge is -2.09. The zero-order chi connectivity index (χ0) is 20.6. The summed E-state index contributed by atoms with van der Waals surface area (Å²) in [7, 11) is 1.64. The van der Waals surface area contributed by atoms with Gasteiger partial charge in [0.25, 0.3) is 5.91 Å². The summed E-state index contributed by atoms with van der Waals surface area (Å²) >= 11 is 0. The van der Waals surface area contributed by atoms with E-state index in [0.717, 1.165) is 17.0 Å². The van der Waals surface area contributed by atoms with Crippen LogP contribution in [0.15, 0.2) is 60.9 Å². The third-order valence-corrected chi connectivity index (χ3v) is 4.57. The lowest BCUT2D eigenvalue weighted by atomic mass is 10.0. The molecule has 1 heterocycles. The number of hydrogen-bond acceptors (Lipinski definition) is 5. The number of benzene rings is 2. The van der Waals surface area contributed by atoms with Crippen LogP contribution in [0.4, 0.5) is 11.5 Å². The van der Waals surface area contributed by atoms with Gasteiger partial charge in [-0.15, -0.1) is 0 Å². The van der Waals surface area contributed by atoms with Gasteiger partial charge < -0.3 is 15.4 Å². The maximum atomic E-state index is 12.3. The van der Waals surface area contributed by atoms with E-state index in [-0.39, 0.29) is 11.6 Å². The molecule has 2 aromatic carbocycles. The van der Waals surface area contributed by atoms with Crippen molar-refractivity contribution < 1.29 is 9.53 Å². The van der Waals surface area contributed by atoms with Gasteiger partial charge in [-0.05, 0) is 47.7 Å². The highest BCUT2D eigenvalue weighted by Crippen LogP contribution is 2.19. The predicted molar refractivity (Wildman–Crippen MR) is 115 cm³/mol. The van der Waals surface area contributed by atoms with Gasteiger partial charge >= 0.3 is 0 Å². The number of rotatable bonds is 8. The van der Waals surface area contributed by atoms with E-state index in [4.69, 9.17) is 4.74 Å². The molecule has 150 valence electrons. The topological polar surface area (TPSA) is 76.1 Å². The van der Waals surface area contributed by atoms with E-state index in [9.17, 15) is 4.79 Å². The van der Waals surface area contributed by atoms with Gasteiger partial charge in [0, 0.05) is 12.2 Å². The normalized spacial score (nSPS) is 10.6. The number of ether oxygens (including phenoxy) is 1. The van der Waals surface area contributed by atoms with Crippen LogP contribution in [0.3, 0.4) is 0 Å². The number of hydrogen-bond donors (Lipinski definition) is 2. The average Bonchev–Trinajstić information content (AvgIpc) is 2.74. The monoisotopic (exact) mass is 390 g/mol. The molecule has 2 N–H and O–H groups in total. The van der Waals surface area contributed by atoms with Crippen LogP contribution in [0.5, 0.6) is 5.75 Å². The third kappa shape index (κ3) is 5.78. The largest absolute Gasteiger partial charge is 0.497 e. The minimum Gasteiger partial charge on any atom is -0.497 e. The molecular formula is C23H26N4O2. The first-order valence-corrected chi connectivity index (χ1v) is 9.65. The van der Waals surface area contributed by atoms with Gasteiger partial charge in [0.05, 0.1) is 19.5 Å². The van der Waals surface area contributed by atoms with E-state index in [2.05, 4.69) is 46.6 Å². The van der Waals surface area contributed by atoms with Crippen molar-refractivity contribution in [1.29, 1.82) is 0 Å². The summed E-state index contributed by atoms with van der Waals surface area (Å²) in [4.78, 5) is 20.8. The summed E-state index contributed by atoms with van der Waals surface area (Å²) in [5.74, 6) is 1.65. The summed E-state index contributed by atoms with van der Waals surface area (Å²) in [5, 5.41) is 6.06. The molecule has 0 atom stereocenters. The minimum atomic E-state index is -0.242. The number of aromatic nitrogens is 2. The molecule has 1 aromatic heterocycles. The van der Waals surface area contributed by atoms with Gasteiger partial charge in [0.15, 0.2) is 0 Å². The fourth-order valence-electron chi connectivity index (χ4n) is 2.85. The van der Waals surface area contributed by atoms with Crippen molar-refractivity contribution in [2.24, 2.45) is 0 Å². The quantitative estimate of drug-likeness (QED) is 0.599. The summed E-state index contributed by atoms with van der Waals surface area (Å²) in [6, 6.07) is 16.0. The third-order valence-electron chi connectivity index (χ3n) is 4.57. The van der Waals surface area contributed by atoms with Crippen molar-refractivity contribution in [3.63, 3.8) is 0 Å². The number of carbonyl (C=O) groups is 1. The van der Waals surface area contributed by atoms with Crippen molar-refractivity contribution in [3.05, 3.63) is 77.7 Å². The molecule has 6 nitrogen and oxygen atoms in total. The van der Waals surface area contributed by atoms with Crippen molar-refractivity contribution in [2.45, 2.75) is 26.2 Å². The van der Waals surface area contributed by atoms with Crippen LogP contribution >= 0.6 is 0 Å². The standard InChI is InChI=1S/C23H26N4O2/c1-16(2)18-7-9-19(10-8-18)27-22-15-25-21(14-26-22)23(28)24-12-11-17-5-4-6-20(13-17)29-3/h4-10,13-16H,11-12H2,1-3H3,(H,24,28)(H,26,27). The van der Waals surface area contributed by atoms with E-state index in [1.807, 2.05) is 36.4 Å². The Balaban J connectivity index is 1.51. The van der Waals surface area contributed by atoms with E-state index < -0.39 is 0 Å². The molecule has 6 heteroatoms. The Morgan fingerprint density at radius 2 is 1.86 bits per heavy atom. The van der Waals surface area contributed by atoms with Crippen LogP contribution < -0.4 is 15.4 Å². The lowest BCUT2D eigenvalue weighted by molar-refractivity contribution is 0.0949. The molecule has 3 aromatic rings. The number of nitrogens with one attached hydrogen (secondary N) is 2. The Morgan fingerprint density at radius 3 is 2.52 bits per heavy atom. The zero-order valence-electron chi connectivity index (χ0n) is 17.0. The molecule has 0 radical (unpaired) electrons. The Hall–Kier alpha value is -3.41. The Morgan fingerprint density at radius 1 is 1.07 bits per heavy atom. The molecule has 0 saturated carbocycles. The van der Waals surface area contributed by atoms with Crippen molar-refractivity contribution in [1.82, 2.24) is 15.3 Å². The van der Waals surface area contributed by atoms with Crippen molar-refractivity contribution in [3.8, 4) is 5.75 Å². The molecule has 0 saturated heterocycles. The van der Waals surface area contributed by atoms with Gasteiger partial charge in [0.1, 0.15) is 17.3 Å². The first-order valence-electron chi connectivity index (χ1n) is 9.65. The van der Waals surface area contributed by atoms with Crippen LogP contribution in [0.25, 0.3) is 0 Å². The second kappa shape index (κ2) is 9.68. The minimum absolute atomic E-state index is 0.242. The number of carbonyl (C=O) groups excluding carboxylic acids is 1. The number of amides is 1. The summed E-state index contributed by atoms with van der Waals surface area (Å²) in [6.07, 6.45) is 3.75. The van der Waals surface area contributed by atoms with Gasteiger partial charge in [-0.25, -0.2) is 9.97 Å². The molecular weight excluding hydrogens is 364 g/mol. The highest BCUT2D eigenvalue weighted by molar-refractivity contribution is 5.92. The van der Waals surface area contributed by atoms with Gasteiger partial charge in [-0.3, -0.25) is 4.79 Å². The maximum Gasteiger partial charge on any atom is 0.271 e. The Labute approximate surface area is 171 Å². The second-order valence-electron chi connectivity index (χ2n) is 7.05. The first kappa shape index (κ1) is 20.3. The molecule has 0 unspecified atom stereocenters. The molecule has 0 spiro atoms. The predicted octanol–water partition coefficient (Wildman–Crippen LogP) is 4.32. The number of methoxy groups -OCH3 is 1. The highest BCUT2D eigenvalue weighted by atomic mass is 16.5. The van der Waals surface area contributed by atoms with Gasteiger partial charge in [-0.2, -0.15) is 0 Å². The van der Waals surface area contributed by atoms with Crippen molar-refractivity contribution in [2.75, 3.05) is 19.0 Å². The molecule has 3 rings (SSSR count). The van der Waals surface area contributed by atoms with Gasteiger partial charge in [-0.1, -0.05) is 38.1 Å². The van der Waals surface area contributed by atoms with Gasteiger partial charge in [0.2, 0.25) is 0 Å². The van der Waals surface area contributed by atoms with Crippen molar-refractivity contribution >= 4 is 17.4 Å². The molecule has 0 bridgehead atoms. The van der Waals surface area contributed by atoms with Crippen LogP contribution in [0.2, 0.25) is 0 Å². The Kier molecular flexibility index (Phi) is 6.79. The average molecular weight is 390 g/mol. The van der Waals surface area contributed by atoms with E-state index >= 15 is 0 Å². The van der Waals surface area contributed by atoms with E-state index in [1.54, 1.807) is 13.3 Å². The molecule has 1 amide bonds. The van der Waals surface area contributed by atoms with Crippen LogP contribution in [0.1, 0.15) is 41.4 Å². The number of anilines is 2. The maximum absolute atomic E-state index is 12.3. The fraction of sp³-hybridized carbons (Fsp3) is 0.261. The van der Waals surface area contributed by atoms with Crippen LogP contribution in [-0.2, 0) is 6.42 Å². The highest BCUT2D eigenvalue weighted by Gasteiger charge is 2.08. The fourth-order valence-corrected chi connectivity index (χ4v) is 2.85. The second-order valence-corrected chi connectivity index (χ2v) is 7.05. The molecule has 0 aliphatic carbocycles. The molecule has 29 heavy (non-hydrogen) atoms. The summed E-state index contributed by atoms with van der Waals surface area (Å²) < 4.78 is 5.21. The summed E-state index contributed by atoms with van der Waals surface area (Å²) in [6.45, 7) is 4.83. The SMILES string of the molecule is COc1cccc(CCNC(=O)c2cnc(Nc3ccc(C(C)C)cc3)cn2)c1. The van der Waals surface area contributed by atoms with E-state index in [1.165, 1.54) is 11.8 Å². The summed E-state index contributed by atoms with van der Waals surface area (Å²) in [5.41, 5.74) is 3.59. The molecule has 0 aliphatic rings. The smallest absolute Gasteiger partial charge is 0.271 e. The molecule has 0 aliphatic heterocycles. The molecule has 0 fully saturated rings. The number of nitrogens with zero attached hydrogens (tertiary/aromatic N) is 2. The first-order chi connectivity index (χ1) is 14.0. The Bertz CT molecular complexity index is 938. The van der Waals surface area contributed by atoms with Crippen LogP contribution in [-0.4, -0.2) is 29.5 Å².